The third kappa shape index (κ3) is 7.30. The fourth-order valence-corrected chi connectivity index (χ4v) is 5.95. The Morgan fingerprint density at radius 3 is 1.97 bits per heavy atom. The zero-order valence-corrected chi connectivity index (χ0v) is 19.6. The minimum absolute atomic E-state index is 0.0651. The van der Waals surface area contributed by atoms with Gasteiger partial charge < -0.3 is 4.74 Å². The summed E-state index contributed by atoms with van der Waals surface area (Å²) in [6, 6.07) is 3.11. The number of rotatable bonds is 10. The molecule has 31 heavy (non-hydrogen) atoms. The van der Waals surface area contributed by atoms with Gasteiger partial charge in [-0.3, -0.25) is 0 Å². The fourth-order valence-electron chi connectivity index (χ4n) is 5.80. The Kier molecular flexibility index (Phi) is 9.87. The van der Waals surface area contributed by atoms with Crippen LogP contribution in [0.25, 0.3) is 0 Å². The van der Waals surface area contributed by atoms with Crippen molar-refractivity contribution in [2.45, 2.75) is 109 Å². The molecular formula is C26H38ClF3O. The SMILES string of the molecule is CCCCCC1CCC(CCC2CCC(c3ccc(Cl)c(F)c3OC(F)F)CC2)CC1. The molecule has 0 amide bonds. The first-order chi connectivity index (χ1) is 15.0. The third-order valence-electron chi connectivity index (χ3n) is 7.74. The van der Waals surface area contributed by atoms with Crippen molar-refractivity contribution in [2.24, 2.45) is 17.8 Å². The zero-order valence-electron chi connectivity index (χ0n) is 18.9. The van der Waals surface area contributed by atoms with E-state index in [-0.39, 0.29) is 16.7 Å². The van der Waals surface area contributed by atoms with Crippen LogP contribution in [0.3, 0.4) is 0 Å². The summed E-state index contributed by atoms with van der Waals surface area (Å²) in [6.07, 6.45) is 17.7. The summed E-state index contributed by atoms with van der Waals surface area (Å²) in [5, 5.41) is -0.173. The summed E-state index contributed by atoms with van der Waals surface area (Å²) in [5.74, 6) is 1.39. The van der Waals surface area contributed by atoms with E-state index >= 15 is 0 Å². The van der Waals surface area contributed by atoms with Crippen LogP contribution in [0.5, 0.6) is 5.75 Å². The number of hydrogen-bond acceptors (Lipinski definition) is 1. The summed E-state index contributed by atoms with van der Waals surface area (Å²) < 4.78 is 44.4. The van der Waals surface area contributed by atoms with Crippen LogP contribution in [-0.2, 0) is 0 Å². The highest BCUT2D eigenvalue weighted by molar-refractivity contribution is 6.30. The van der Waals surface area contributed by atoms with Gasteiger partial charge in [0.2, 0.25) is 0 Å². The molecule has 0 aliphatic heterocycles. The van der Waals surface area contributed by atoms with E-state index in [0.29, 0.717) is 11.5 Å². The third-order valence-corrected chi connectivity index (χ3v) is 8.03. The average molecular weight is 459 g/mol. The molecule has 0 radical (unpaired) electrons. The van der Waals surface area contributed by atoms with Crippen molar-refractivity contribution in [3.05, 3.63) is 28.5 Å². The zero-order chi connectivity index (χ0) is 22.2. The first-order valence-electron chi connectivity index (χ1n) is 12.4. The molecule has 0 bridgehead atoms. The maximum absolute atomic E-state index is 14.3. The fraction of sp³-hybridized carbons (Fsp3) is 0.769. The number of unbranched alkanes of at least 4 members (excludes halogenated alkanes) is 2. The molecule has 0 spiro atoms. The number of ether oxygens (including phenoxy) is 1. The second-order valence-electron chi connectivity index (χ2n) is 9.84. The summed E-state index contributed by atoms with van der Waals surface area (Å²) >= 11 is 5.79. The van der Waals surface area contributed by atoms with E-state index in [1.165, 1.54) is 70.3 Å². The van der Waals surface area contributed by atoms with Crippen LogP contribution >= 0.6 is 11.6 Å². The van der Waals surface area contributed by atoms with Gasteiger partial charge in [-0.2, -0.15) is 8.78 Å². The molecule has 0 N–H and O–H groups in total. The van der Waals surface area contributed by atoms with Crippen molar-refractivity contribution >= 4 is 11.6 Å². The molecule has 176 valence electrons. The van der Waals surface area contributed by atoms with Gasteiger partial charge in [-0.1, -0.05) is 88.8 Å². The van der Waals surface area contributed by atoms with Gasteiger partial charge >= 0.3 is 6.61 Å². The number of alkyl halides is 2. The normalized spacial score (nSPS) is 26.9. The van der Waals surface area contributed by atoms with E-state index < -0.39 is 12.4 Å². The van der Waals surface area contributed by atoms with Gasteiger partial charge in [0.25, 0.3) is 0 Å². The summed E-state index contributed by atoms with van der Waals surface area (Å²) in [7, 11) is 0. The predicted octanol–water partition coefficient (Wildman–Crippen LogP) is 9.52. The number of halogens is 4. The first-order valence-corrected chi connectivity index (χ1v) is 12.8. The molecule has 0 saturated heterocycles. The van der Waals surface area contributed by atoms with Crippen LogP contribution in [0.1, 0.15) is 108 Å². The summed E-state index contributed by atoms with van der Waals surface area (Å²) in [6.45, 7) is -0.779. The van der Waals surface area contributed by atoms with E-state index in [1.54, 1.807) is 6.07 Å². The number of hydrogen-bond donors (Lipinski definition) is 0. The van der Waals surface area contributed by atoms with Gasteiger partial charge in [0.05, 0.1) is 5.02 Å². The predicted molar refractivity (Wildman–Crippen MR) is 122 cm³/mol. The minimum Gasteiger partial charge on any atom is -0.431 e. The summed E-state index contributed by atoms with van der Waals surface area (Å²) in [4.78, 5) is 0. The molecule has 1 aromatic rings. The highest BCUT2D eigenvalue weighted by atomic mass is 35.5. The van der Waals surface area contributed by atoms with Crippen molar-refractivity contribution < 1.29 is 17.9 Å². The Hall–Kier alpha value is -0.900. The van der Waals surface area contributed by atoms with E-state index in [0.717, 1.165) is 37.5 Å². The molecule has 0 unspecified atom stereocenters. The van der Waals surface area contributed by atoms with Gasteiger partial charge in [0.15, 0.2) is 11.6 Å². The molecule has 2 fully saturated rings. The van der Waals surface area contributed by atoms with E-state index in [2.05, 4.69) is 11.7 Å². The van der Waals surface area contributed by atoms with E-state index in [9.17, 15) is 13.2 Å². The van der Waals surface area contributed by atoms with Crippen LogP contribution in [-0.4, -0.2) is 6.61 Å². The van der Waals surface area contributed by atoms with Crippen molar-refractivity contribution in [1.82, 2.24) is 0 Å². The second kappa shape index (κ2) is 12.4. The smallest absolute Gasteiger partial charge is 0.387 e. The van der Waals surface area contributed by atoms with Crippen LogP contribution in [0, 0.1) is 23.6 Å². The molecule has 0 atom stereocenters. The molecule has 3 rings (SSSR count). The first kappa shape index (κ1) is 24.7. The van der Waals surface area contributed by atoms with Crippen molar-refractivity contribution in [2.75, 3.05) is 0 Å². The van der Waals surface area contributed by atoms with Crippen molar-refractivity contribution in [1.29, 1.82) is 0 Å². The van der Waals surface area contributed by atoms with Crippen LogP contribution in [0.15, 0.2) is 12.1 Å². The van der Waals surface area contributed by atoms with Gasteiger partial charge in [-0.05, 0) is 55.4 Å². The Balaban J connectivity index is 1.42. The molecular weight excluding hydrogens is 421 g/mol. The molecule has 0 aromatic heterocycles. The van der Waals surface area contributed by atoms with Gasteiger partial charge in [-0.25, -0.2) is 4.39 Å². The lowest BCUT2D eigenvalue weighted by Crippen LogP contribution is -2.18. The highest BCUT2D eigenvalue weighted by Gasteiger charge is 2.29. The van der Waals surface area contributed by atoms with Gasteiger partial charge in [-0.15, -0.1) is 0 Å². The lowest BCUT2D eigenvalue weighted by Gasteiger charge is -2.32. The largest absolute Gasteiger partial charge is 0.431 e. The maximum Gasteiger partial charge on any atom is 0.387 e. The maximum atomic E-state index is 14.3. The van der Waals surface area contributed by atoms with Gasteiger partial charge in [0, 0.05) is 5.56 Å². The molecule has 2 saturated carbocycles. The Labute approximate surface area is 191 Å². The highest BCUT2D eigenvalue weighted by Crippen LogP contribution is 2.44. The van der Waals surface area contributed by atoms with Crippen molar-refractivity contribution in [3.8, 4) is 5.75 Å². The van der Waals surface area contributed by atoms with E-state index in [1.807, 2.05) is 0 Å². The van der Waals surface area contributed by atoms with Crippen LogP contribution in [0.2, 0.25) is 5.02 Å². The lowest BCUT2D eigenvalue weighted by atomic mass is 9.74. The average Bonchev–Trinajstić information content (AvgIpc) is 2.77. The lowest BCUT2D eigenvalue weighted by molar-refractivity contribution is -0.0531. The summed E-state index contributed by atoms with van der Waals surface area (Å²) in [5.41, 5.74) is 0.544. The molecule has 1 nitrogen and oxygen atoms in total. The second-order valence-corrected chi connectivity index (χ2v) is 10.2. The standard InChI is InChI=1S/C26H38ClF3O/c1-2-3-4-5-18-6-8-19(9-7-18)10-11-20-12-14-21(15-13-20)22-16-17-23(27)24(28)25(22)31-26(29)30/h16-21,26H,2-15H2,1H3. The molecule has 2 aliphatic carbocycles. The molecule has 2 aliphatic rings. The van der Waals surface area contributed by atoms with Crippen LogP contribution in [0.4, 0.5) is 13.2 Å². The van der Waals surface area contributed by atoms with E-state index in [4.69, 9.17) is 11.6 Å². The Bertz CT molecular complexity index is 665. The topological polar surface area (TPSA) is 9.23 Å². The molecule has 1 aromatic carbocycles. The molecule has 5 heteroatoms. The van der Waals surface area contributed by atoms with Crippen LogP contribution < -0.4 is 4.74 Å². The minimum atomic E-state index is -3.05. The Morgan fingerprint density at radius 2 is 1.42 bits per heavy atom. The quantitative estimate of drug-likeness (QED) is 0.317. The monoisotopic (exact) mass is 458 g/mol. The van der Waals surface area contributed by atoms with Crippen molar-refractivity contribution in [3.63, 3.8) is 0 Å². The van der Waals surface area contributed by atoms with Gasteiger partial charge in [0.1, 0.15) is 0 Å². The number of benzene rings is 1. The molecule has 0 heterocycles. The Morgan fingerprint density at radius 1 is 0.871 bits per heavy atom.